The fourth-order valence-corrected chi connectivity index (χ4v) is 5.76. The number of anilines is 3. The predicted octanol–water partition coefficient (Wildman–Crippen LogP) is 4.51. The van der Waals surface area contributed by atoms with Crippen LogP contribution in [0.4, 0.5) is 17.2 Å². The highest BCUT2D eigenvalue weighted by molar-refractivity contribution is 9.09. The molecule has 0 saturated carbocycles. The largest absolute Gasteiger partial charge is 0.318 e. The molecule has 0 aliphatic carbocycles. The van der Waals surface area contributed by atoms with E-state index in [0.29, 0.717) is 33.0 Å². The van der Waals surface area contributed by atoms with Crippen molar-refractivity contribution in [2.24, 2.45) is 0 Å². The number of nitrogens with one attached hydrogen (secondary N) is 1. The lowest BCUT2D eigenvalue weighted by Gasteiger charge is -2.33. The topological polar surface area (TPSA) is 99.7 Å². The summed E-state index contributed by atoms with van der Waals surface area (Å²) in [6.45, 7) is 0.316. The maximum atomic E-state index is 13.3. The fraction of sp³-hybridized carbons (Fsp3) is 0.174. The second kappa shape index (κ2) is 10.5. The third-order valence-electron chi connectivity index (χ3n) is 5.32. The van der Waals surface area contributed by atoms with Gasteiger partial charge in [-0.15, -0.1) is 0 Å². The lowest BCUT2D eigenvalue weighted by Crippen LogP contribution is -2.55. The van der Waals surface area contributed by atoms with E-state index in [-0.39, 0.29) is 29.5 Å². The smallest absolute Gasteiger partial charge is 0.302 e. The second-order valence-corrected chi connectivity index (χ2v) is 10.9. The monoisotopic (exact) mass is 596 g/mol. The van der Waals surface area contributed by atoms with Crippen LogP contribution < -0.4 is 14.5 Å². The van der Waals surface area contributed by atoms with Crippen LogP contribution in [0, 0.1) is 0 Å². The van der Waals surface area contributed by atoms with Crippen LogP contribution in [-0.4, -0.2) is 43.6 Å². The van der Waals surface area contributed by atoms with Gasteiger partial charge in [0.15, 0.2) is 5.82 Å². The third kappa shape index (κ3) is 5.45. The van der Waals surface area contributed by atoms with Gasteiger partial charge in [0.2, 0.25) is 0 Å². The Labute approximate surface area is 221 Å². The van der Waals surface area contributed by atoms with Crippen molar-refractivity contribution in [3.05, 3.63) is 76.4 Å². The van der Waals surface area contributed by atoms with E-state index in [0.717, 1.165) is 0 Å². The average molecular weight is 598 g/mol. The molecule has 3 aromatic rings. The van der Waals surface area contributed by atoms with E-state index in [4.69, 9.17) is 23.2 Å². The molecule has 4 rings (SSSR count). The molecule has 0 unspecified atom stereocenters. The number of hydrogen-bond acceptors (Lipinski definition) is 5. The molecule has 2 amide bonds. The summed E-state index contributed by atoms with van der Waals surface area (Å²) in [6, 6.07) is 14.1. The third-order valence-corrected chi connectivity index (χ3v) is 7.67. The zero-order valence-electron chi connectivity index (χ0n) is 18.1. The Morgan fingerprint density at radius 1 is 0.943 bits per heavy atom. The molecule has 1 aromatic heterocycles. The summed E-state index contributed by atoms with van der Waals surface area (Å²) >= 11 is 15.3. The Morgan fingerprint density at radius 3 is 2.31 bits per heavy atom. The number of amides is 2. The Hall–Kier alpha value is -2.66. The molecule has 0 bridgehead atoms. The number of aryl methyl sites for hydroxylation is 1. The Balaban J connectivity index is 1.62. The number of rotatable bonds is 7. The predicted molar refractivity (Wildman–Crippen MR) is 140 cm³/mol. The fourth-order valence-electron chi connectivity index (χ4n) is 3.70. The van der Waals surface area contributed by atoms with Crippen LogP contribution in [0.1, 0.15) is 5.56 Å². The lowest BCUT2D eigenvalue weighted by atomic mass is 10.2. The molecule has 35 heavy (non-hydrogen) atoms. The SMILES string of the molecule is O=C1C(=O)N(c2ncccc2NS(=O)(=O)c2ccc(Cl)cc2CCBr)CCN1c1ccc(Cl)cc1. The van der Waals surface area contributed by atoms with Crippen molar-refractivity contribution in [2.45, 2.75) is 11.3 Å². The van der Waals surface area contributed by atoms with Crippen molar-refractivity contribution in [1.82, 2.24) is 4.98 Å². The summed E-state index contributed by atoms with van der Waals surface area (Å²) in [5.74, 6) is -1.53. The summed E-state index contributed by atoms with van der Waals surface area (Å²) in [5.41, 5.74) is 1.15. The highest BCUT2D eigenvalue weighted by atomic mass is 79.9. The van der Waals surface area contributed by atoms with Crippen LogP contribution in [0.25, 0.3) is 0 Å². The summed E-state index contributed by atoms with van der Waals surface area (Å²) in [6.07, 6.45) is 1.87. The van der Waals surface area contributed by atoms with Gasteiger partial charge in [0.25, 0.3) is 10.0 Å². The van der Waals surface area contributed by atoms with Gasteiger partial charge in [-0.3, -0.25) is 19.2 Å². The van der Waals surface area contributed by atoms with Crippen LogP contribution in [-0.2, 0) is 26.0 Å². The van der Waals surface area contributed by atoms with Gasteiger partial charge in [0.05, 0.1) is 10.6 Å². The quantitative estimate of drug-likeness (QED) is 0.319. The molecule has 1 fully saturated rings. The summed E-state index contributed by atoms with van der Waals surface area (Å²) in [5, 5.41) is 1.48. The molecule has 1 saturated heterocycles. The Morgan fingerprint density at radius 2 is 1.60 bits per heavy atom. The summed E-state index contributed by atoms with van der Waals surface area (Å²) in [7, 11) is -4.05. The number of alkyl halides is 1. The van der Waals surface area contributed by atoms with Gasteiger partial charge in [-0.1, -0.05) is 39.1 Å². The van der Waals surface area contributed by atoms with Gasteiger partial charge < -0.3 is 4.90 Å². The summed E-state index contributed by atoms with van der Waals surface area (Å²) < 4.78 is 29.1. The van der Waals surface area contributed by atoms with Gasteiger partial charge in [-0.2, -0.15) is 0 Å². The van der Waals surface area contributed by atoms with Gasteiger partial charge >= 0.3 is 11.8 Å². The first-order chi connectivity index (χ1) is 16.7. The van der Waals surface area contributed by atoms with E-state index in [9.17, 15) is 18.0 Å². The average Bonchev–Trinajstić information content (AvgIpc) is 2.82. The number of carbonyl (C=O) groups is 2. The molecule has 0 spiro atoms. The van der Waals surface area contributed by atoms with Crippen molar-refractivity contribution in [2.75, 3.05) is 32.9 Å². The van der Waals surface area contributed by atoms with Gasteiger partial charge in [0, 0.05) is 40.3 Å². The number of aromatic nitrogens is 1. The molecule has 1 aliphatic rings. The first kappa shape index (κ1) is 25.4. The molecule has 1 aliphatic heterocycles. The van der Waals surface area contributed by atoms with Gasteiger partial charge in [-0.25, -0.2) is 13.4 Å². The maximum Gasteiger partial charge on any atom is 0.318 e. The number of pyridine rings is 1. The van der Waals surface area contributed by atoms with Crippen LogP contribution in [0.15, 0.2) is 65.7 Å². The highest BCUT2D eigenvalue weighted by Crippen LogP contribution is 2.30. The molecule has 0 atom stereocenters. The van der Waals surface area contributed by atoms with E-state index < -0.39 is 21.8 Å². The molecular weight excluding hydrogens is 579 g/mol. The lowest BCUT2D eigenvalue weighted by molar-refractivity contribution is -0.136. The van der Waals surface area contributed by atoms with E-state index in [1.807, 2.05) is 0 Å². The first-order valence-corrected chi connectivity index (χ1v) is 13.8. The molecule has 12 heteroatoms. The molecule has 182 valence electrons. The maximum absolute atomic E-state index is 13.3. The molecule has 1 N–H and O–H groups in total. The number of nitrogens with zero attached hydrogens (tertiary/aromatic N) is 3. The number of carbonyl (C=O) groups excluding carboxylic acids is 2. The van der Waals surface area contributed by atoms with Crippen molar-refractivity contribution < 1.29 is 18.0 Å². The second-order valence-electron chi connectivity index (χ2n) is 7.56. The molecule has 2 aromatic carbocycles. The number of hydrogen-bond donors (Lipinski definition) is 1. The summed E-state index contributed by atoms with van der Waals surface area (Å²) in [4.78, 5) is 32.7. The normalized spacial score (nSPS) is 14.4. The number of piperazine rings is 1. The highest BCUT2D eigenvalue weighted by Gasteiger charge is 2.36. The molecule has 2 heterocycles. The van der Waals surface area contributed by atoms with Crippen molar-refractivity contribution in [3.8, 4) is 0 Å². The Kier molecular flexibility index (Phi) is 7.65. The van der Waals surface area contributed by atoms with Crippen molar-refractivity contribution in [3.63, 3.8) is 0 Å². The number of benzene rings is 2. The zero-order chi connectivity index (χ0) is 25.2. The van der Waals surface area contributed by atoms with E-state index >= 15 is 0 Å². The Bertz CT molecular complexity index is 1390. The minimum absolute atomic E-state index is 0.0428. The number of halogens is 3. The molecular formula is C23H19BrCl2N4O4S. The van der Waals surface area contributed by atoms with E-state index in [2.05, 4.69) is 25.6 Å². The van der Waals surface area contributed by atoms with Crippen molar-refractivity contribution >= 4 is 78.2 Å². The zero-order valence-corrected chi connectivity index (χ0v) is 22.0. The van der Waals surface area contributed by atoms with Crippen LogP contribution in [0.3, 0.4) is 0 Å². The first-order valence-electron chi connectivity index (χ1n) is 10.4. The van der Waals surface area contributed by atoms with Crippen LogP contribution in [0.2, 0.25) is 10.0 Å². The van der Waals surface area contributed by atoms with E-state index in [1.54, 1.807) is 36.4 Å². The minimum Gasteiger partial charge on any atom is -0.302 e. The van der Waals surface area contributed by atoms with Crippen LogP contribution in [0.5, 0.6) is 0 Å². The molecule has 0 radical (unpaired) electrons. The standard InChI is InChI=1S/C23H19BrCl2N4O4S/c24-10-9-15-14-17(26)5-8-20(15)35(33,34)28-19-2-1-11-27-21(19)30-13-12-29(22(31)23(30)32)18-6-3-16(25)4-7-18/h1-8,11,14,28H,9-10,12-13H2. The van der Waals surface area contributed by atoms with Gasteiger partial charge in [0.1, 0.15) is 0 Å². The molecule has 8 nitrogen and oxygen atoms in total. The van der Waals surface area contributed by atoms with Crippen molar-refractivity contribution in [1.29, 1.82) is 0 Å². The number of sulfonamides is 1. The van der Waals surface area contributed by atoms with Crippen LogP contribution >= 0.6 is 39.1 Å². The van der Waals surface area contributed by atoms with Gasteiger partial charge in [-0.05, 0) is 66.6 Å². The minimum atomic E-state index is -4.05. The van der Waals surface area contributed by atoms with E-state index in [1.165, 1.54) is 34.2 Å².